The molecule has 0 fully saturated rings. The molecule has 2 heterocycles. The number of nitrogens with zero attached hydrogens (tertiary/aromatic N) is 4. The van der Waals surface area contributed by atoms with Crippen molar-refractivity contribution >= 4 is 5.78 Å². The molecule has 2 aromatic heterocycles. The zero-order valence-electron chi connectivity index (χ0n) is 10.3. The number of aromatic nitrogens is 4. The minimum Gasteiger partial charge on any atom is -0.388 e. The lowest BCUT2D eigenvalue weighted by Crippen LogP contribution is -2.37. The van der Waals surface area contributed by atoms with Crippen molar-refractivity contribution < 1.29 is 5.11 Å². The number of fused-ring (bicyclic) bond motifs is 1. The Morgan fingerprint density at radius 2 is 2.12 bits per heavy atom. The molecule has 0 aliphatic carbocycles. The van der Waals surface area contributed by atoms with Crippen molar-refractivity contribution in [2.75, 3.05) is 6.54 Å². The van der Waals surface area contributed by atoms with Gasteiger partial charge in [-0.2, -0.15) is 0 Å². The highest BCUT2D eigenvalue weighted by molar-refractivity contribution is 5.32. The minimum atomic E-state index is -0.972. The van der Waals surface area contributed by atoms with E-state index in [1.54, 1.807) is 6.92 Å². The molecule has 6 nitrogen and oxygen atoms in total. The molecule has 0 aliphatic heterocycles. The maximum atomic E-state index is 9.97. The second kappa shape index (κ2) is 4.05. The Morgan fingerprint density at radius 1 is 1.41 bits per heavy atom. The summed E-state index contributed by atoms with van der Waals surface area (Å²) < 4.78 is 1.84. The number of aryl methyl sites for hydroxylation is 2. The van der Waals surface area contributed by atoms with Crippen LogP contribution in [-0.2, 0) is 6.42 Å². The van der Waals surface area contributed by atoms with Gasteiger partial charge in [0, 0.05) is 24.4 Å². The van der Waals surface area contributed by atoms with Crippen molar-refractivity contribution in [3.05, 3.63) is 23.3 Å². The van der Waals surface area contributed by atoms with Gasteiger partial charge >= 0.3 is 0 Å². The third-order valence-corrected chi connectivity index (χ3v) is 2.74. The fourth-order valence-electron chi connectivity index (χ4n) is 1.83. The van der Waals surface area contributed by atoms with Crippen LogP contribution in [0, 0.1) is 13.8 Å². The normalized spacial score (nSPS) is 15.1. The van der Waals surface area contributed by atoms with E-state index in [1.165, 1.54) is 0 Å². The van der Waals surface area contributed by atoms with Gasteiger partial charge in [-0.3, -0.25) is 4.40 Å². The van der Waals surface area contributed by atoms with Crippen LogP contribution in [0.5, 0.6) is 0 Å². The van der Waals surface area contributed by atoms with Crippen molar-refractivity contribution in [3.8, 4) is 0 Å². The fraction of sp³-hybridized carbons (Fsp3) is 0.545. The van der Waals surface area contributed by atoms with Gasteiger partial charge in [-0.25, -0.2) is 4.98 Å². The van der Waals surface area contributed by atoms with Crippen LogP contribution in [0.3, 0.4) is 0 Å². The molecule has 0 amide bonds. The van der Waals surface area contributed by atoms with Crippen LogP contribution in [0.25, 0.3) is 5.78 Å². The van der Waals surface area contributed by atoms with E-state index < -0.39 is 5.60 Å². The molecule has 6 heteroatoms. The Morgan fingerprint density at radius 3 is 2.76 bits per heavy atom. The summed E-state index contributed by atoms with van der Waals surface area (Å²) >= 11 is 0. The smallest absolute Gasteiger partial charge is 0.255 e. The van der Waals surface area contributed by atoms with Gasteiger partial charge in [0.05, 0.1) is 5.60 Å². The lowest BCUT2D eigenvalue weighted by molar-refractivity contribution is 0.0672. The van der Waals surface area contributed by atoms with Crippen LogP contribution in [0.15, 0.2) is 6.07 Å². The molecule has 3 N–H and O–H groups in total. The highest BCUT2D eigenvalue weighted by atomic mass is 16.3. The fourth-order valence-corrected chi connectivity index (χ4v) is 1.83. The molecule has 0 aliphatic rings. The van der Waals surface area contributed by atoms with Crippen molar-refractivity contribution in [3.63, 3.8) is 0 Å². The topological polar surface area (TPSA) is 89.3 Å². The molecular weight excluding hydrogens is 218 g/mol. The number of aliphatic hydroxyl groups is 1. The molecule has 2 rings (SSSR count). The monoisotopic (exact) mass is 235 g/mol. The molecule has 2 aromatic rings. The summed E-state index contributed by atoms with van der Waals surface area (Å²) in [5.41, 5.74) is 6.44. The maximum Gasteiger partial charge on any atom is 0.255 e. The van der Waals surface area contributed by atoms with E-state index >= 15 is 0 Å². The number of hydrogen-bond donors (Lipinski definition) is 2. The van der Waals surface area contributed by atoms with Gasteiger partial charge in [-0.05, 0) is 26.8 Å². The molecule has 1 unspecified atom stereocenters. The Bertz CT molecular complexity index is 546. The first-order chi connectivity index (χ1) is 7.93. The lowest BCUT2D eigenvalue weighted by atomic mass is 10.0. The average Bonchev–Trinajstić information content (AvgIpc) is 2.60. The van der Waals surface area contributed by atoms with E-state index in [4.69, 9.17) is 5.73 Å². The first-order valence-corrected chi connectivity index (χ1v) is 5.54. The highest BCUT2D eigenvalue weighted by Gasteiger charge is 2.22. The molecule has 0 saturated carbocycles. The van der Waals surface area contributed by atoms with Crippen LogP contribution in [0.2, 0.25) is 0 Å². The van der Waals surface area contributed by atoms with Gasteiger partial charge in [0.15, 0.2) is 0 Å². The van der Waals surface area contributed by atoms with Gasteiger partial charge in [0.25, 0.3) is 5.78 Å². The second-order valence-electron chi connectivity index (χ2n) is 4.67. The average molecular weight is 235 g/mol. The molecule has 0 radical (unpaired) electrons. The van der Waals surface area contributed by atoms with Crippen molar-refractivity contribution in [1.29, 1.82) is 0 Å². The summed E-state index contributed by atoms with van der Waals surface area (Å²) in [5.74, 6) is 1.24. The van der Waals surface area contributed by atoms with Crippen molar-refractivity contribution in [2.24, 2.45) is 5.73 Å². The Kier molecular flexibility index (Phi) is 2.84. The van der Waals surface area contributed by atoms with Gasteiger partial charge in [0.1, 0.15) is 5.82 Å². The maximum absolute atomic E-state index is 9.97. The number of hydrogen-bond acceptors (Lipinski definition) is 5. The summed E-state index contributed by atoms with van der Waals surface area (Å²) in [7, 11) is 0. The molecule has 0 bridgehead atoms. The first kappa shape index (κ1) is 11.9. The lowest BCUT2D eigenvalue weighted by Gasteiger charge is -2.19. The largest absolute Gasteiger partial charge is 0.388 e. The Hall–Kier alpha value is -1.53. The van der Waals surface area contributed by atoms with Crippen molar-refractivity contribution in [2.45, 2.75) is 32.8 Å². The standard InChI is InChI=1S/C11H17N5O/c1-7-4-8(2)16-9(5-11(3,17)6-12)14-15-10(16)13-7/h4,17H,5-6,12H2,1-3H3. The number of rotatable bonds is 3. The summed E-state index contributed by atoms with van der Waals surface area (Å²) in [6.07, 6.45) is 0.357. The summed E-state index contributed by atoms with van der Waals surface area (Å²) in [5, 5.41) is 18.0. The van der Waals surface area contributed by atoms with Crippen molar-refractivity contribution in [1.82, 2.24) is 19.6 Å². The van der Waals surface area contributed by atoms with E-state index in [9.17, 15) is 5.11 Å². The zero-order valence-corrected chi connectivity index (χ0v) is 10.3. The predicted molar refractivity (Wildman–Crippen MR) is 63.6 cm³/mol. The third-order valence-electron chi connectivity index (χ3n) is 2.74. The number of nitrogens with two attached hydrogens (primary N) is 1. The van der Waals surface area contributed by atoms with Gasteiger partial charge in [0.2, 0.25) is 0 Å². The predicted octanol–water partition coefficient (Wildman–Crippen LogP) is -0.00666. The van der Waals surface area contributed by atoms with Crippen LogP contribution in [-0.4, -0.2) is 36.8 Å². The first-order valence-electron chi connectivity index (χ1n) is 5.54. The van der Waals surface area contributed by atoms with E-state index in [2.05, 4.69) is 15.2 Å². The summed E-state index contributed by atoms with van der Waals surface area (Å²) in [6.45, 7) is 5.74. The molecule has 0 aromatic carbocycles. The molecule has 0 spiro atoms. The van der Waals surface area contributed by atoms with E-state index in [1.807, 2.05) is 24.3 Å². The van der Waals surface area contributed by atoms with Crippen LogP contribution in [0.4, 0.5) is 0 Å². The second-order valence-corrected chi connectivity index (χ2v) is 4.67. The third kappa shape index (κ3) is 2.27. The molecule has 92 valence electrons. The van der Waals surface area contributed by atoms with Crippen LogP contribution >= 0.6 is 0 Å². The molecule has 1 atom stereocenters. The summed E-state index contributed by atoms with van der Waals surface area (Å²) in [6, 6.07) is 1.96. The van der Waals surface area contributed by atoms with E-state index in [0.29, 0.717) is 18.0 Å². The van der Waals surface area contributed by atoms with Gasteiger partial charge in [-0.1, -0.05) is 0 Å². The molecular formula is C11H17N5O. The molecule has 0 saturated heterocycles. The van der Waals surface area contributed by atoms with E-state index in [0.717, 1.165) is 11.4 Å². The Balaban J connectivity index is 2.50. The van der Waals surface area contributed by atoms with Gasteiger partial charge < -0.3 is 10.8 Å². The van der Waals surface area contributed by atoms with Gasteiger partial charge in [-0.15, -0.1) is 10.2 Å². The highest BCUT2D eigenvalue weighted by Crippen LogP contribution is 2.13. The zero-order chi connectivity index (χ0) is 12.6. The SMILES string of the molecule is Cc1cc(C)n2c(CC(C)(O)CN)nnc2n1. The van der Waals surface area contributed by atoms with Crippen LogP contribution in [0.1, 0.15) is 24.1 Å². The molecule has 17 heavy (non-hydrogen) atoms. The Labute approximate surface area is 99.5 Å². The summed E-state index contributed by atoms with van der Waals surface area (Å²) in [4.78, 5) is 4.29. The van der Waals surface area contributed by atoms with E-state index in [-0.39, 0.29) is 6.54 Å². The quantitative estimate of drug-likeness (QED) is 0.781. The van der Waals surface area contributed by atoms with Crippen LogP contribution < -0.4 is 5.73 Å². The minimum absolute atomic E-state index is 0.181.